The van der Waals surface area contributed by atoms with E-state index in [2.05, 4.69) is 70.4 Å². The molecule has 0 unspecified atom stereocenters. The predicted octanol–water partition coefficient (Wildman–Crippen LogP) is 5.04. The SMILES string of the molecule is C/C(=C\C[N+](C)(C)CCCCS(=O)(=O)O)CC/C=C(\C)CCc1ccccc1. The molecule has 158 valence electrons. The Bertz CT molecular complexity index is 734. The molecule has 1 N–H and O–H groups in total. The number of allylic oxidation sites excluding steroid dienone is 3. The molecule has 0 aliphatic rings. The Morgan fingerprint density at radius 3 is 2.29 bits per heavy atom. The van der Waals surface area contributed by atoms with Gasteiger partial charge in [0.15, 0.2) is 0 Å². The summed E-state index contributed by atoms with van der Waals surface area (Å²) in [5.74, 6) is -0.141. The largest absolute Gasteiger partial charge is 0.325 e. The van der Waals surface area contributed by atoms with E-state index in [1.54, 1.807) is 0 Å². The fourth-order valence-corrected chi connectivity index (χ4v) is 3.62. The summed E-state index contributed by atoms with van der Waals surface area (Å²) in [5.41, 5.74) is 4.24. The molecule has 0 aromatic heterocycles. The van der Waals surface area contributed by atoms with Crippen molar-refractivity contribution in [1.29, 1.82) is 0 Å². The maximum Gasteiger partial charge on any atom is 0.264 e. The number of hydrogen-bond donors (Lipinski definition) is 1. The predicted molar refractivity (Wildman–Crippen MR) is 119 cm³/mol. The molecule has 1 aromatic rings. The van der Waals surface area contributed by atoms with Crippen molar-refractivity contribution in [2.45, 2.75) is 52.4 Å². The van der Waals surface area contributed by atoms with Crippen LogP contribution in [0.1, 0.15) is 51.5 Å². The minimum Gasteiger partial charge on any atom is -0.325 e. The fraction of sp³-hybridized carbons (Fsp3) is 0.565. The lowest BCUT2D eigenvalue weighted by molar-refractivity contribution is -0.884. The van der Waals surface area contributed by atoms with Gasteiger partial charge in [0, 0.05) is 0 Å². The van der Waals surface area contributed by atoms with Crippen molar-refractivity contribution in [3.63, 3.8) is 0 Å². The van der Waals surface area contributed by atoms with Gasteiger partial charge in [0.2, 0.25) is 0 Å². The Morgan fingerprint density at radius 2 is 1.64 bits per heavy atom. The van der Waals surface area contributed by atoms with Crippen molar-refractivity contribution >= 4 is 10.1 Å². The molecule has 5 heteroatoms. The molecule has 0 saturated heterocycles. The average Bonchev–Trinajstić information content (AvgIpc) is 2.62. The highest BCUT2D eigenvalue weighted by molar-refractivity contribution is 7.85. The highest BCUT2D eigenvalue weighted by Gasteiger charge is 2.14. The average molecular weight is 409 g/mol. The lowest BCUT2D eigenvalue weighted by Gasteiger charge is -2.28. The number of quaternary nitrogens is 1. The zero-order valence-electron chi connectivity index (χ0n) is 18.0. The van der Waals surface area contributed by atoms with Crippen LogP contribution in [0.15, 0.2) is 53.6 Å². The van der Waals surface area contributed by atoms with Gasteiger partial charge in [0.25, 0.3) is 10.1 Å². The van der Waals surface area contributed by atoms with E-state index < -0.39 is 10.1 Å². The highest BCUT2D eigenvalue weighted by Crippen LogP contribution is 2.13. The monoisotopic (exact) mass is 408 g/mol. The van der Waals surface area contributed by atoms with Gasteiger partial charge in [0.1, 0.15) is 0 Å². The van der Waals surface area contributed by atoms with Crippen molar-refractivity contribution in [3.8, 4) is 0 Å². The summed E-state index contributed by atoms with van der Waals surface area (Å²) in [7, 11) is 0.486. The molecular formula is C23H38NO3S+. The number of rotatable bonds is 13. The van der Waals surface area contributed by atoms with Crippen LogP contribution in [0.4, 0.5) is 0 Å². The quantitative estimate of drug-likeness (QED) is 0.215. The van der Waals surface area contributed by atoms with Gasteiger partial charge in [-0.25, -0.2) is 0 Å². The summed E-state index contributed by atoms with van der Waals surface area (Å²) >= 11 is 0. The molecule has 1 rings (SSSR count). The number of benzene rings is 1. The number of nitrogens with zero attached hydrogens (tertiary/aromatic N) is 1. The topological polar surface area (TPSA) is 54.4 Å². The summed E-state index contributed by atoms with van der Waals surface area (Å²) < 4.78 is 31.2. The maximum atomic E-state index is 10.8. The Balaban J connectivity index is 2.29. The summed E-state index contributed by atoms with van der Waals surface area (Å²) in [6.45, 7) is 6.24. The van der Waals surface area contributed by atoms with Crippen LogP contribution in [0.25, 0.3) is 0 Å². The molecule has 0 spiro atoms. The van der Waals surface area contributed by atoms with Gasteiger partial charge in [-0.3, -0.25) is 4.55 Å². The summed E-state index contributed by atoms with van der Waals surface area (Å²) in [4.78, 5) is 0. The second kappa shape index (κ2) is 12.2. The van der Waals surface area contributed by atoms with Crippen molar-refractivity contribution < 1.29 is 17.5 Å². The van der Waals surface area contributed by atoms with Crippen molar-refractivity contribution in [1.82, 2.24) is 0 Å². The molecule has 0 fully saturated rings. The van der Waals surface area contributed by atoms with E-state index in [0.29, 0.717) is 6.42 Å². The van der Waals surface area contributed by atoms with Crippen LogP contribution in [0.2, 0.25) is 0 Å². The number of hydrogen-bond acceptors (Lipinski definition) is 2. The van der Waals surface area contributed by atoms with Gasteiger partial charge in [0.05, 0.1) is 32.9 Å². The first-order valence-electron chi connectivity index (χ1n) is 10.2. The zero-order valence-corrected chi connectivity index (χ0v) is 18.8. The van der Waals surface area contributed by atoms with Gasteiger partial charge in [-0.15, -0.1) is 0 Å². The lowest BCUT2D eigenvalue weighted by Crippen LogP contribution is -2.40. The Morgan fingerprint density at radius 1 is 1.00 bits per heavy atom. The van der Waals surface area contributed by atoms with Gasteiger partial charge < -0.3 is 4.48 Å². The second-order valence-corrected chi connectivity index (χ2v) is 10.0. The first-order valence-corrected chi connectivity index (χ1v) is 11.8. The van der Waals surface area contributed by atoms with Crippen LogP contribution in [-0.2, 0) is 16.5 Å². The maximum absolute atomic E-state index is 10.8. The van der Waals surface area contributed by atoms with Gasteiger partial charge in [-0.05, 0) is 64.0 Å². The van der Waals surface area contributed by atoms with Crippen LogP contribution >= 0.6 is 0 Å². The molecular weight excluding hydrogens is 370 g/mol. The summed E-state index contributed by atoms with van der Waals surface area (Å²) in [5, 5.41) is 0. The third-order valence-corrected chi connectivity index (χ3v) is 5.84. The summed E-state index contributed by atoms with van der Waals surface area (Å²) in [6, 6.07) is 10.6. The molecule has 0 atom stereocenters. The minimum absolute atomic E-state index is 0.141. The van der Waals surface area contributed by atoms with E-state index >= 15 is 0 Å². The van der Waals surface area contributed by atoms with E-state index in [0.717, 1.165) is 49.7 Å². The molecule has 4 nitrogen and oxygen atoms in total. The van der Waals surface area contributed by atoms with Crippen LogP contribution in [-0.4, -0.2) is 50.4 Å². The Hall–Kier alpha value is -1.43. The first kappa shape index (κ1) is 24.6. The van der Waals surface area contributed by atoms with E-state index in [-0.39, 0.29) is 5.75 Å². The van der Waals surface area contributed by atoms with Crippen molar-refractivity contribution in [2.75, 3.05) is 32.9 Å². The minimum atomic E-state index is -3.83. The highest BCUT2D eigenvalue weighted by atomic mass is 32.2. The fourth-order valence-electron chi connectivity index (χ4n) is 3.06. The Labute approximate surface area is 172 Å². The standard InChI is InChI=1S/C23H37NO3S/c1-21(15-16-23-13-6-5-7-14-23)11-10-12-22(2)17-19-24(3,4)18-8-9-20-28(25,26)27/h5-7,11,13-14,17H,8-10,12,15-16,18-20H2,1-4H3/p+1/b21-11+,22-17+. The van der Waals surface area contributed by atoms with E-state index in [1.165, 1.54) is 16.7 Å². The lowest BCUT2D eigenvalue weighted by atomic mass is 10.0. The second-order valence-electron chi connectivity index (χ2n) is 8.46. The van der Waals surface area contributed by atoms with E-state index in [9.17, 15) is 8.42 Å². The third kappa shape index (κ3) is 12.9. The van der Waals surface area contributed by atoms with Crippen molar-refractivity contribution in [2.24, 2.45) is 0 Å². The van der Waals surface area contributed by atoms with Crippen LogP contribution < -0.4 is 0 Å². The zero-order chi connectivity index (χ0) is 21.0. The van der Waals surface area contributed by atoms with Crippen LogP contribution in [0.3, 0.4) is 0 Å². The molecule has 28 heavy (non-hydrogen) atoms. The molecule has 0 saturated carbocycles. The van der Waals surface area contributed by atoms with Gasteiger partial charge in [-0.2, -0.15) is 8.42 Å². The molecule has 0 amide bonds. The first-order chi connectivity index (χ1) is 13.1. The van der Waals surface area contributed by atoms with Crippen LogP contribution in [0.5, 0.6) is 0 Å². The van der Waals surface area contributed by atoms with Gasteiger partial charge in [-0.1, -0.05) is 47.6 Å². The van der Waals surface area contributed by atoms with E-state index in [4.69, 9.17) is 4.55 Å². The molecule has 1 aromatic carbocycles. The molecule has 0 radical (unpaired) electrons. The normalized spacial score (nSPS) is 13.8. The molecule has 0 aliphatic carbocycles. The number of aryl methyl sites for hydroxylation is 1. The molecule has 0 heterocycles. The van der Waals surface area contributed by atoms with Crippen molar-refractivity contribution in [3.05, 3.63) is 59.2 Å². The van der Waals surface area contributed by atoms with E-state index in [1.807, 2.05) is 0 Å². The molecule has 0 aliphatic heterocycles. The van der Waals surface area contributed by atoms with Gasteiger partial charge >= 0.3 is 0 Å². The summed E-state index contributed by atoms with van der Waals surface area (Å²) in [6.07, 6.45) is 10.3. The number of likely N-dealkylation sites (N-methyl/N-ethyl adjacent to an activating group) is 1. The Kier molecular flexibility index (Phi) is 10.7. The number of unbranched alkanes of at least 4 members (excludes halogenated alkanes) is 1. The smallest absolute Gasteiger partial charge is 0.264 e. The van der Waals surface area contributed by atoms with Crippen LogP contribution in [0, 0.1) is 0 Å². The third-order valence-electron chi connectivity index (χ3n) is 5.03. The molecule has 0 bridgehead atoms.